The molecule has 122 valence electrons. The van der Waals surface area contributed by atoms with Gasteiger partial charge in [0.1, 0.15) is 5.76 Å². The van der Waals surface area contributed by atoms with Gasteiger partial charge in [0.2, 0.25) is 0 Å². The molecule has 1 N–H and O–H groups in total. The number of rotatable bonds is 3. The molecule has 2 aromatic heterocycles. The van der Waals surface area contributed by atoms with E-state index in [2.05, 4.69) is 5.10 Å². The maximum atomic E-state index is 12.7. The van der Waals surface area contributed by atoms with Crippen LogP contribution < -0.4 is 0 Å². The van der Waals surface area contributed by atoms with Crippen LogP contribution in [0.15, 0.2) is 59.3 Å². The van der Waals surface area contributed by atoms with Crippen molar-refractivity contribution in [2.24, 2.45) is 0 Å². The molecule has 1 amide bonds. The first-order valence-electron chi connectivity index (χ1n) is 7.82. The van der Waals surface area contributed by atoms with E-state index >= 15 is 0 Å². The molecule has 3 heterocycles. The fraction of sp³-hybridized carbons (Fsp3) is 0.222. The van der Waals surface area contributed by atoms with Crippen molar-refractivity contribution in [1.29, 1.82) is 0 Å². The van der Waals surface area contributed by atoms with E-state index in [-0.39, 0.29) is 18.2 Å². The number of aliphatic hydroxyl groups excluding tert-OH is 1. The average molecular weight is 323 g/mol. The highest BCUT2D eigenvalue weighted by Crippen LogP contribution is 2.27. The number of carbonyl (C=O) groups excluding carboxylic acids is 1. The Kier molecular flexibility index (Phi) is 3.66. The molecular weight excluding hydrogens is 306 g/mol. The third kappa shape index (κ3) is 2.72. The van der Waals surface area contributed by atoms with Gasteiger partial charge in [0.25, 0.3) is 5.91 Å². The Balaban J connectivity index is 1.51. The van der Waals surface area contributed by atoms with Crippen molar-refractivity contribution in [3.8, 4) is 0 Å². The van der Waals surface area contributed by atoms with Crippen molar-refractivity contribution in [2.45, 2.75) is 19.2 Å². The summed E-state index contributed by atoms with van der Waals surface area (Å²) in [6.07, 6.45) is 2.86. The molecule has 24 heavy (non-hydrogen) atoms. The summed E-state index contributed by atoms with van der Waals surface area (Å²) >= 11 is 0. The van der Waals surface area contributed by atoms with Gasteiger partial charge in [0.15, 0.2) is 5.76 Å². The van der Waals surface area contributed by atoms with Crippen LogP contribution in [0.4, 0.5) is 0 Å². The number of β-amino-alcohol motifs (C(OH)–C–C–N with tert-alkyl or cyclic N) is 1. The Morgan fingerprint density at radius 1 is 1.25 bits per heavy atom. The first kappa shape index (κ1) is 14.7. The van der Waals surface area contributed by atoms with E-state index in [1.165, 1.54) is 0 Å². The molecule has 4 rings (SSSR count). The van der Waals surface area contributed by atoms with Crippen molar-refractivity contribution in [2.75, 3.05) is 6.54 Å². The van der Waals surface area contributed by atoms with Crippen LogP contribution >= 0.6 is 0 Å². The number of fused-ring (bicyclic) bond motifs is 1. The van der Waals surface area contributed by atoms with Gasteiger partial charge >= 0.3 is 0 Å². The predicted molar refractivity (Wildman–Crippen MR) is 86.2 cm³/mol. The highest BCUT2D eigenvalue weighted by Gasteiger charge is 2.28. The van der Waals surface area contributed by atoms with Crippen LogP contribution in [0.3, 0.4) is 0 Å². The standard InChI is InChI=1S/C18H17N3O3/c22-16-12-20(10-13-4-1-2-5-15(13)16)18(23)17-7-6-14(24-17)11-21-9-3-8-19-21/h1-9,16,22H,10-12H2/t16-/m0/s1. The molecule has 1 atom stereocenters. The second kappa shape index (κ2) is 5.98. The number of aromatic nitrogens is 2. The van der Waals surface area contributed by atoms with Gasteiger partial charge in [-0.1, -0.05) is 24.3 Å². The summed E-state index contributed by atoms with van der Waals surface area (Å²) in [6, 6.07) is 12.9. The fourth-order valence-corrected chi connectivity index (χ4v) is 3.02. The number of nitrogens with zero attached hydrogens (tertiary/aromatic N) is 3. The molecule has 6 heteroatoms. The first-order chi connectivity index (χ1) is 11.7. The minimum Gasteiger partial charge on any atom is -0.454 e. The molecule has 1 aromatic carbocycles. The highest BCUT2D eigenvalue weighted by molar-refractivity contribution is 5.91. The third-order valence-corrected chi connectivity index (χ3v) is 4.21. The number of furan rings is 1. The van der Waals surface area contributed by atoms with E-state index in [0.29, 0.717) is 18.8 Å². The summed E-state index contributed by atoms with van der Waals surface area (Å²) in [6.45, 7) is 1.22. The SMILES string of the molecule is O=C(c1ccc(Cn2cccn2)o1)N1Cc2ccccc2[C@@H](O)C1. The number of carbonyl (C=O) groups is 1. The van der Waals surface area contributed by atoms with Gasteiger partial charge in [-0.3, -0.25) is 9.48 Å². The Labute approximate surface area is 138 Å². The molecule has 1 aliphatic rings. The van der Waals surface area contributed by atoms with Crippen LogP contribution in [0.2, 0.25) is 0 Å². The second-order valence-electron chi connectivity index (χ2n) is 5.87. The largest absolute Gasteiger partial charge is 0.454 e. The summed E-state index contributed by atoms with van der Waals surface area (Å²) in [4.78, 5) is 14.3. The van der Waals surface area contributed by atoms with Gasteiger partial charge in [-0.15, -0.1) is 0 Å². The number of aliphatic hydroxyl groups is 1. The lowest BCUT2D eigenvalue weighted by molar-refractivity contribution is 0.0520. The lowest BCUT2D eigenvalue weighted by atomic mass is 9.97. The summed E-state index contributed by atoms with van der Waals surface area (Å²) in [5.41, 5.74) is 1.85. The quantitative estimate of drug-likeness (QED) is 0.802. The lowest BCUT2D eigenvalue weighted by Crippen LogP contribution is -2.38. The van der Waals surface area contributed by atoms with Gasteiger partial charge < -0.3 is 14.4 Å². The van der Waals surface area contributed by atoms with E-state index in [0.717, 1.165) is 11.1 Å². The third-order valence-electron chi connectivity index (χ3n) is 4.21. The Hall–Kier alpha value is -2.86. The Bertz CT molecular complexity index is 854. The summed E-state index contributed by atoms with van der Waals surface area (Å²) in [5.74, 6) is 0.735. The maximum Gasteiger partial charge on any atom is 0.289 e. The highest BCUT2D eigenvalue weighted by atomic mass is 16.4. The molecular formula is C18H17N3O3. The van der Waals surface area contributed by atoms with Crippen LogP contribution in [-0.2, 0) is 13.1 Å². The Morgan fingerprint density at radius 3 is 2.96 bits per heavy atom. The van der Waals surface area contributed by atoms with Crippen LogP contribution in [0.1, 0.15) is 33.5 Å². The zero-order chi connectivity index (χ0) is 16.5. The fourth-order valence-electron chi connectivity index (χ4n) is 3.02. The van der Waals surface area contributed by atoms with Gasteiger partial charge in [0.05, 0.1) is 19.2 Å². The van der Waals surface area contributed by atoms with Gasteiger partial charge in [-0.05, 0) is 29.3 Å². The number of amides is 1. The number of hydrogen-bond donors (Lipinski definition) is 1. The first-order valence-corrected chi connectivity index (χ1v) is 7.82. The van der Waals surface area contributed by atoms with E-state index in [4.69, 9.17) is 4.42 Å². The molecule has 0 saturated carbocycles. The normalized spacial score (nSPS) is 16.9. The van der Waals surface area contributed by atoms with Gasteiger partial charge in [0, 0.05) is 18.9 Å². The second-order valence-corrected chi connectivity index (χ2v) is 5.87. The molecule has 0 radical (unpaired) electrons. The summed E-state index contributed by atoms with van der Waals surface area (Å²) < 4.78 is 7.39. The van der Waals surface area contributed by atoms with Crippen molar-refractivity contribution >= 4 is 5.91 Å². The molecule has 0 fully saturated rings. The zero-order valence-corrected chi connectivity index (χ0v) is 13.0. The number of benzene rings is 1. The molecule has 0 spiro atoms. The van der Waals surface area contributed by atoms with Crippen molar-refractivity contribution in [3.05, 3.63) is 77.5 Å². The summed E-state index contributed by atoms with van der Waals surface area (Å²) in [5, 5.41) is 14.4. The summed E-state index contributed by atoms with van der Waals surface area (Å²) in [7, 11) is 0. The lowest BCUT2D eigenvalue weighted by Gasteiger charge is -2.31. The average Bonchev–Trinajstić information content (AvgIpc) is 3.26. The zero-order valence-electron chi connectivity index (χ0n) is 13.0. The smallest absolute Gasteiger partial charge is 0.289 e. The van der Waals surface area contributed by atoms with E-state index in [1.807, 2.05) is 36.5 Å². The molecule has 0 aliphatic carbocycles. The maximum absolute atomic E-state index is 12.7. The van der Waals surface area contributed by atoms with Crippen molar-refractivity contribution < 1.29 is 14.3 Å². The molecule has 0 saturated heterocycles. The molecule has 1 aliphatic heterocycles. The van der Waals surface area contributed by atoms with Gasteiger partial charge in [-0.25, -0.2) is 0 Å². The van der Waals surface area contributed by atoms with Gasteiger partial charge in [-0.2, -0.15) is 5.10 Å². The van der Waals surface area contributed by atoms with Crippen LogP contribution in [0, 0.1) is 0 Å². The van der Waals surface area contributed by atoms with Crippen LogP contribution in [0.25, 0.3) is 0 Å². The molecule has 0 bridgehead atoms. The van der Waals surface area contributed by atoms with Crippen molar-refractivity contribution in [1.82, 2.24) is 14.7 Å². The monoisotopic (exact) mass is 323 g/mol. The van der Waals surface area contributed by atoms with E-state index in [9.17, 15) is 9.90 Å². The van der Waals surface area contributed by atoms with Crippen LogP contribution in [0.5, 0.6) is 0 Å². The Morgan fingerprint density at radius 2 is 2.12 bits per heavy atom. The van der Waals surface area contributed by atoms with Crippen LogP contribution in [-0.4, -0.2) is 32.2 Å². The molecule has 6 nitrogen and oxygen atoms in total. The molecule has 3 aromatic rings. The minimum atomic E-state index is -0.669. The van der Waals surface area contributed by atoms with E-state index in [1.54, 1.807) is 27.9 Å². The van der Waals surface area contributed by atoms with E-state index < -0.39 is 6.10 Å². The molecule has 0 unspecified atom stereocenters. The van der Waals surface area contributed by atoms with Crippen molar-refractivity contribution in [3.63, 3.8) is 0 Å². The minimum absolute atomic E-state index is 0.213. The number of hydrogen-bond acceptors (Lipinski definition) is 4. The topological polar surface area (TPSA) is 71.5 Å². The predicted octanol–water partition coefficient (Wildman–Crippen LogP) is 2.21.